The number of nitrogens with zero attached hydrogens (tertiary/aromatic N) is 9. The highest BCUT2D eigenvalue weighted by molar-refractivity contribution is 7.46. The molecule has 0 spiro atoms. The number of amides is 5. The average Bonchev–Trinajstić information content (AvgIpc) is 4.03. The number of rotatable bonds is 13. The Hall–Kier alpha value is -6.65. The van der Waals surface area contributed by atoms with E-state index >= 15 is 0 Å². The van der Waals surface area contributed by atoms with Gasteiger partial charge in [0.1, 0.15) is 30.1 Å². The lowest BCUT2D eigenvalue weighted by Gasteiger charge is -2.48. The molecule has 0 saturated carbocycles. The lowest BCUT2D eigenvalue weighted by molar-refractivity contribution is -0.155. The molecule has 4 aromatic heterocycles. The minimum Gasteiger partial charge on any atom is -0.480 e. The number of aryl methyl sites for hydroxylation is 1. The molecule has 0 radical (unpaired) electrons. The maximum Gasteiger partial charge on any atom is 0.471 e. The quantitative estimate of drug-likeness (QED) is 0.0753. The molecule has 6 aliphatic rings. The first kappa shape index (κ1) is 52.4. The van der Waals surface area contributed by atoms with Gasteiger partial charge in [0, 0.05) is 91.4 Å². The van der Waals surface area contributed by atoms with Crippen LogP contribution in [0.4, 0.5) is 28.7 Å². The number of hydrogen-bond donors (Lipinski definition) is 4. The minimum absolute atomic E-state index is 0.0651. The van der Waals surface area contributed by atoms with Gasteiger partial charge in [-0.15, -0.1) is 11.3 Å². The molecule has 1 aliphatic carbocycles. The van der Waals surface area contributed by atoms with Crippen LogP contribution in [0, 0.1) is 0 Å². The molecule has 77 heavy (non-hydrogen) atoms. The number of carbonyl (C=O) groups is 5. The van der Waals surface area contributed by atoms with Gasteiger partial charge in [0.15, 0.2) is 0 Å². The Kier molecular flexibility index (Phi) is 14.3. The third-order valence-corrected chi connectivity index (χ3v) is 17.8. The standard InChI is InChI=1S/C54H61N10O11PS/c1-30-23-34(16-19-60(30)35-9-11-40-41(25-35)52(68)64(51(40)67)43-12-14-46(66)63(53(43)69)29-75-76(71,72)73)59-21-22-61(31(2)28-59)36-10-13-45(56-27-36)58-42-24-33(26-57-50(42)74-4)37-15-18-55-49(47(37)32(3)65)62-20-17-39-38-7-5-6-8-44(38)77-48(39)54(62)70/h9-11,13,15,18,24-27,30-32,34,43,65H,5-8,12,14,16-17,19-23,28-29H2,1-4H3,(H,56,58)(H2,71,72,73)/t30-,31+,32+,34?,43+/m1/s1. The number of thiophene rings is 1. The number of aromatic nitrogens is 3. The number of carbonyl (C=O) groups excluding carboxylic acids is 5. The fraction of sp³-hybridized carbons (Fsp3) is 0.444. The van der Waals surface area contributed by atoms with E-state index in [1.54, 1.807) is 54.8 Å². The number of phosphoric ester groups is 1. The molecule has 5 aromatic rings. The molecule has 0 bridgehead atoms. The van der Waals surface area contributed by atoms with E-state index in [-0.39, 0.29) is 42.0 Å². The van der Waals surface area contributed by atoms with Gasteiger partial charge in [0.2, 0.25) is 11.8 Å². The summed E-state index contributed by atoms with van der Waals surface area (Å²) in [6.07, 6.45) is 10.8. The van der Waals surface area contributed by atoms with E-state index < -0.39 is 50.3 Å². The summed E-state index contributed by atoms with van der Waals surface area (Å²) in [4.78, 5) is 112. The Bertz CT molecular complexity index is 3240. The van der Waals surface area contributed by atoms with Crippen molar-refractivity contribution in [3.63, 3.8) is 0 Å². The second-order valence-electron chi connectivity index (χ2n) is 20.7. The van der Waals surface area contributed by atoms with Crippen LogP contribution >= 0.6 is 19.2 Å². The molecule has 4 N–H and O–H groups in total. The molecule has 23 heteroatoms. The van der Waals surface area contributed by atoms with Crippen LogP contribution in [0.3, 0.4) is 0 Å². The summed E-state index contributed by atoms with van der Waals surface area (Å²) in [5.41, 5.74) is 7.18. The second-order valence-corrected chi connectivity index (χ2v) is 23.1. The largest absolute Gasteiger partial charge is 0.480 e. The SMILES string of the molecule is COc1ncc(-c2ccnc(N3CCc4c(sc5c4CCCC5)C3=O)c2[C@H](C)O)cc1Nc1ccc(N2CCN(C3CCN(c4ccc5c(c4)C(=O)N([C@H]4CCC(=O)N(COP(=O)(O)O)C4=O)C5=O)[C@H](C)C3)C[C@@H]2C)cn1. The van der Waals surface area contributed by atoms with E-state index in [2.05, 4.69) is 49.4 Å². The number of hydrogen-bond acceptors (Lipinski definition) is 17. The van der Waals surface area contributed by atoms with Gasteiger partial charge in [-0.2, -0.15) is 0 Å². The fourth-order valence-electron chi connectivity index (χ4n) is 12.3. The maximum atomic E-state index is 14.1. The third-order valence-electron chi connectivity index (χ3n) is 16.1. The number of benzene rings is 1. The molecule has 404 valence electrons. The van der Waals surface area contributed by atoms with Crippen LogP contribution in [0.25, 0.3) is 11.1 Å². The van der Waals surface area contributed by atoms with Gasteiger partial charge in [-0.05, 0) is 131 Å². The summed E-state index contributed by atoms with van der Waals surface area (Å²) in [5, 5.41) is 14.7. The minimum atomic E-state index is -5.01. The number of ether oxygens (including phenoxy) is 1. The number of likely N-dealkylation sites (tertiary alicyclic amines) is 1. The zero-order chi connectivity index (χ0) is 54.0. The highest BCUT2D eigenvalue weighted by atomic mass is 32.1. The van der Waals surface area contributed by atoms with Crippen molar-refractivity contribution < 1.29 is 52.7 Å². The van der Waals surface area contributed by atoms with Gasteiger partial charge >= 0.3 is 7.82 Å². The number of pyridine rings is 3. The zero-order valence-corrected chi connectivity index (χ0v) is 45.0. The van der Waals surface area contributed by atoms with Crippen molar-refractivity contribution in [3.8, 4) is 17.0 Å². The first-order valence-corrected chi connectivity index (χ1v) is 28.6. The number of aliphatic hydroxyl groups is 1. The predicted octanol–water partition coefficient (Wildman–Crippen LogP) is 6.24. The zero-order valence-electron chi connectivity index (χ0n) is 43.3. The topological polar surface area (TPSA) is 252 Å². The van der Waals surface area contributed by atoms with Gasteiger partial charge in [-0.25, -0.2) is 19.5 Å². The van der Waals surface area contributed by atoms with E-state index in [9.17, 15) is 33.6 Å². The molecule has 1 aromatic carbocycles. The van der Waals surface area contributed by atoms with Crippen LogP contribution in [0.2, 0.25) is 0 Å². The summed E-state index contributed by atoms with van der Waals surface area (Å²) < 4.78 is 21.4. The number of aliphatic hydroxyl groups excluding tert-OH is 1. The van der Waals surface area contributed by atoms with Gasteiger partial charge in [0.25, 0.3) is 23.6 Å². The maximum absolute atomic E-state index is 14.1. The fourth-order valence-corrected chi connectivity index (χ4v) is 13.9. The number of anilines is 5. The van der Waals surface area contributed by atoms with Crippen molar-refractivity contribution in [2.45, 2.75) is 109 Å². The highest BCUT2D eigenvalue weighted by Gasteiger charge is 2.48. The van der Waals surface area contributed by atoms with Crippen LogP contribution in [0.1, 0.15) is 117 Å². The van der Waals surface area contributed by atoms with Crippen LogP contribution in [-0.4, -0.2) is 145 Å². The molecule has 1 unspecified atom stereocenters. The van der Waals surface area contributed by atoms with Crippen molar-refractivity contribution in [1.82, 2.24) is 29.7 Å². The first-order valence-electron chi connectivity index (χ1n) is 26.2. The summed E-state index contributed by atoms with van der Waals surface area (Å²) >= 11 is 1.62. The van der Waals surface area contributed by atoms with E-state index in [1.165, 1.54) is 16.0 Å². The van der Waals surface area contributed by atoms with Crippen molar-refractivity contribution in [2.75, 3.05) is 66.6 Å². The molecule has 5 aliphatic heterocycles. The Labute approximate surface area is 449 Å². The Morgan fingerprint density at radius 3 is 2.32 bits per heavy atom. The van der Waals surface area contributed by atoms with E-state index in [4.69, 9.17) is 24.5 Å². The van der Waals surface area contributed by atoms with E-state index in [1.807, 2.05) is 30.5 Å². The van der Waals surface area contributed by atoms with Crippen LogP contribution in [0.15, 0.2) is 61.1 Å². The number of imide groups is 2. The van der Waals surface area contributed by atoms with Crippen molar-refractivity contribution >= 4 is 77.4 Å². The molecule has 11 rings (SSSR count). The first-order chi connectivity index (χ1) is 37.0. The number of piperazine rings is 1. The number of phosphoric acid groups is 1. The van der Waals surface area contributed by atoms with Crippen LogP contribution in [0.5, 0.6) is 5.88 Å². The van der Waals surface area contributed by atoms with Gasteiger partial charge in [-0.3, -0.25) is 48.1 Å². The smallest absolute Gasteiger partial charge is 0.471 e. The summed E-state index contributed by atoms with van der Waals surface area (Å²) in [6.45, 7) is 8.76. The molecule has 3 fully saturated rings. The van der Waals surface area contributed by atoms with Crippen LogP contribution < -0.4 is 24.8 Å². The van der Waals surface area contributed by atoms with Gasteiger partial charge in [0.05, 0.1) is 41.1 Å². The molecular weight excluding hydrogens is 1030 g/mol. The molecular formula is C54H61N10O11PS. The Balaban J connectivity index is 0.718. The second kappa shape index (κ2) is 21.0. The lowest BCUT2D eigenvalue weighted by atomic mass is 9.91. The molecule has 5 atom stereocenters. The van der Waals surface area contributed by atoms with Crippen LogP contribution in [-0.2, 0) is 37.9 Å². The summed E-state index contributed by atoms with van der Waals surface area (Å²) in [7, 11) is -3.45. The molecule has 21 nitrogen and oxygen atoms in total. The lowest BCUT2D eigenvalue weighted by Crippen LogP contribution is -2.58. The highest BCUT2D eigenvalue weighted by Crippen LogP contribution is 2.43. The Morgan fingerprint density at radius 2 is 1.58 bits per heavy atom. The third kappa shape index (κ3) is 9.89. The number of methoxy groups -OCH3 is 1. The monoisotopic (exact) mass is 1090 g/mol. The summed E-state index contributed by atoms with van der Waals surface area (Å²) in [6, 6.07) is 12.1. The molecule has 9 heterocycles. The van der Waals surface area contributed by atoms with Crippen molar-refractivity contribution in [3.05, 3.63) is 98.6 Å². The normalized spacial score (nSPS) is 22.6. The number of fused-ring (bicyclic) bond motifs is 4. The molecule has 5 amide bonds. The average molecular weight is 1090 g/mol. The van der Waals surface area contributed by atoms with Crippen molar-refractivity contribution in [1.29, 1.82) is 0 Å². The van der Waals surface area contributed by atoms with E-state index in [0.29, 0.717) is 63.9 Å². The predicted molar refractivity (Wildman–Crippen MR) is 287 cm³/mol. The molecule has 3 saturated heterocycles. The Morgan fingerprint density at radius 1 is 0.805 bits per heavy atom. The van der Waals surface area contributed by atoms with Crippen molar-refractivity contribution in [2.24, 2.45) is 0 Å². The van der Waals surface area contributed by atoms with E-state index in [0.717, 1.165) is 85.7 Å². The van der Waals surface area contributed by atoms with Gasteiger partial charge in [-0.1, -0.05) is 0 Å². The number of nitrogens with one attached hydrogen (secondary N) is 1. The van der Waals surface area contributed by atoms with Gasteiger partial charge < -0.3 is 34.7 Å². The summed E-state index contributed by atoms with van der Waals surface area (Å²) in [5.74, 6) is -1.66. The number of piperidine rings is 2.